The smallest absolute Gasteiger partial charge is 0.263 e. The highest BCUT2D eigenvalue weighted by molar-refractivity contribution is 7.92. The lowest BCUT2D eigenvalue weighted by Crippen LogP contribution is -2.15. The van der Waals surface area contributed by atoms with Gasteiger partial charge in [-0.15, -0.1) is 10.2 Å². The maximum Gasteiger partial charge on any atom is 0.263 e. The van der Waals surface area contributed by atoms with Gasteiger partial charge < -0.3 is 5.32 Å². The fourth-order valence-electron chi connectivity index (χ4n) is 2.39. The molecule has 0 amide bonds. The Balaban J connectivity index is 1.68. The highest BCUT2D eigenvalue weighted by Crippen LogP contribution is 2.18. The average molecular weight is 386 g/mol. The minimum atomic E-state index is -3.75. The van der Waals surface area contributed by atoms with Crippen LogP contribution < -0.4 is 10.0 Å². The number of hydrogen-bond acceptors (Lipinski definition) is 5. The van der Waals surface area contributed by atoms with E-state index >= 15 is 0 Å². The Bertz CT molecular complexity index is 1050. The molecule has 1 heterocycles. The van der Waals surface area contributed by atoms with E-state index in [1.54, 1.807) is 42.5 Å². The van der Waals surface area contributed by atoms with Crippen molar-refractivity contribution in [3.8, 4) is 0 Å². The monoisotopic (exact) mass is 386 g/mol. The number of nitrogens with zero attached hydrogens (tertiary/aromatic N) is 2. The van der Waals surface area contributed by atoms with Crippen molar-refractivity contribution < 1.29 is 12.8 Å². The molecule has 0 unspecified atom stereocenters. The molecule has 0 fully saturated rings. The van der Waals surface area contributed by atoms with E-state index in [0.717, 1.165) is 11.1 Å². The molecule has 1 aromatic heterocycles. The third-order valence-electron chi connectivity index (χ3n) is 4.11. The number of sulfonamides is 1. The van der Waals surface area contributed by atoms with E-state index in [9.17, 15) is 12.8 Å². The number of benzene rings is 2. The molecule has 0 radical (unpaired) electrons. The standard InChI is InChI=1S/C19H19FN4O2S/c1-13-7-8-16(11-14(13)2)27(25,26)24-19-10-9-18(22-23-19)21-12-15-5-3-4-6-17(15)20/h3-11H,12H2,1-2H3,(H,21,22)(H,23,24). The molecule has 3 aromatic rings. The van der Waals surface area contributed by atoms with E-state index in [-0.39, 0.29) is 23.1 Å². The lowest BCUT2D eigenvalue weighted by molar-refractivity contribution is 0.600. The molecule has 0 saturated heterocycles. The van der Waals surface area contributed by atoms with E-state index in [1.165, 1.54) is 12.1 Å². The number of hydrogen-bond donors (Lipinski definition) is 2. The summed E-state index contributed by atoms with van der Waals surface area (Å²) in [6.07, 6.45) is 0. The third kappa shape index (κ3) is 4.59. The second kappa shape index (κ2) is 7.71. The van der Waals surface area contributed by atoms with E-state index in [4.69, 9.17) is 0 Å². The molecule has 2 aromatic carbocycles. The van der Waals surface area contributed by atoms with E-state index in [0.29, 0.717) is 11.4 Å². The molecule has 0 saturated carbocycles. The molecule has 6 nitrogen and oxygen atoms in total. The van der Waals surface area contributed by atoms with Gasteiger partial charge in [0.1, 0.15) is 11.6 Å². The summed E-state index contributed by atoms with van der Waals surface area (Å²) in [5.41, 5.74) is 2.40. The van der Waals surface area contributed by atoms with Crippen LogP contribution in [-0.4, -0.2) is 18.6 Å². The molecule has 2 N–H and O–H groups in total. The zero-order chi connectivity index (χ0) is 19.4. The number of rotatable bonds is 6. The van der Waals surface area contributed by atoms with Gasteiger partial charge >= 0.3 is 0 Å². The molecule has 27 heavy (non-hydrogen) atoms. The Morgan fingerprint density at radius 2 is 1.63 bits per heavy atom. The molecule has 140 valence electrons. The fraction of sp³-hybridized carbons (Fsp3) is 0.158. The molecule has 0 atom stereocenters. The molecule has 0 aliphatic heterocycles. The van der Waals surface area contributed by atoms with Gasteiger partial charge in [0.2, 0.25) is 0 Å². The summed E-state index contributed by atoms with van der Waals surface area (Å²) in [6, 6.07) is 14.4. The van der Waals surface area contributed by atoms with Crippen LogP contribution in [0.2, 0.25) is 0 Å². The largest absolute Gasteiger partial charge is 0.364 e. The number of aryl methyl sites for hydroxylation is 2. The predicted molar refractivity (Wildman–Crippen MR) is 102 cm³/mol. The average Bonchev–Trinajstić information content (AvgIpc) is 2.64. The molecule has 0 spiro atoms. The number of nitrogens with one attached hydrogen (secondary N) is 2. The van der Waals surface area contributed by atoms with Crippen LogP contribution in [0.5, 0.6) is 0 Å². The van der Waals surface area contributed by atoms with Gasteiger partial charge in [-0.1, -0.05) is 24.3 Å². The SMILES string of the molecule is Cc1ccc(S(=O)(=O)Nc2ccc(NCc3ccccc3F)nn2)cc1C. The first-order valence-corrected chi connectivity index (χ1v) is 9.74. The molecule has 0 aliphatic rings. The lowest BCUT2D eigenvalue weighted by atomic mass is 10.1. The van der Waals surface area contributed by atoms with Gasteiger partial charge in [-0.3, -0.25) is 4.72 Å². The van der Waals surface area contributed by atoms with Crippen LogP contribution in [0.1, 0.15) is 16.7 Å². The van der Waals surface area contributed by atoms with Crippen molar-refractivity contribution in [2.75, 3.05) is 10.0 Å². The van der Waals surface area contributed by atoms with Crippen molar-refractivity contribution in [2.45, 2.75) is 25.3 Å². The van der Waals surface area contributed by atoms with Crippen molar-refractivity contribution in [3.05, 3.63) is 77.1 Å². The van der Waals surface area contributed by atoms with Crippen molar-refractivity contribution in [1.29, 1.82) is 0 Å². The van der Waals surface area contributed by atoms with Crippen LogP contribution in [0.25, 0.3) is 0 Å². The van der Waals surface area contributed by atoms with Crippen molar-refractivity contribution in [2.24, 2.45) is 0 Å². The topological polar surface area (TPSA) is 84.0 Å². The van der Waals surface area contributed by atoms with E-state index in [2.05, 4.69) is 20.2 Å². The summed E-state index contributed by atoms with van der Waals surface area (Å²) in [5, 5.41) is 10.7. The first-order chi connectivity index (χ1) is 12.8. The summed E-state index contributed by atoms with van der Waals surface area (Å²) in [5.74, 6) is 0.202. The Kier molecular flexibility index (Phi) is 5.36. The van der Waals surface area contributed by atoms with Crippen molar-refractivity contribution in [1.82, 2.24) is 10.2 Å². The quantitative estimate of drug-likeness (QED) is 0.676. The maximum absolute atomic E-state index is 13.6. The number of aromatic nitrogens is 2. The second-order valence-electron chi connectivity index (χ2n) is 6.10. The van der Waals surface area contributed by atoms with E-state index in [1.807, 2.05) is 13.8 Å². The molecule has 0 aliphatic carbocycles. The maximum atomic E-state index is 13.6. The van der Waals surface area contributed by atoms with E-state index < -0.39 is 10.0 Å². The Morgan fingerprint density at radius 1 is 0.926 bits per heavy atom. The first-order valence-electron chi connectivity index (χ1n) is 8.26. The molecular weight excluding hydrogens is 367 g/mol. The van der Waals surface area contributed by atoms with Crippen LogP contribution in [0.15, 0.2) is 59.5 Å². The van der Waals surface area contributed by atoms with Gasteiger partial charge in [0, 0.05) is 12.1 Å². The van der Waals surface area contributed by atoms with Gasteiger partial charge in [0.15, 0.2) is 5.82 Å². The first kappa shape index (κ1) is 18.8. The molecule has 0 bridgehead atoms. The van der Waals surface area contributed by atoms with Crippen molar-refractivity contribution in [3.63, 3.8) is 0 Å². The summed E-state index contributed by atoms with van der Waals surface area (Å²) in [4.78, 5) is 0.161. The van der Waals surface area contributed by atoms with Crippen LogP contribution in [-0.2, 0) is 16.6 Å². The normalized spacial score (nSPS) is 11.2. The van der Waals surface area contributed by atoms with Crippen molar-refractivity contribution >= 4 is 21.7 Å². The highest BCUT2D eigenvalue weighted by atomic mass is 32.2. The number of halogens is 1. The minimum absolute atomic E-state index is 0.102. The highest BCUT2D eigenvalue weighted by Gasteiger charge is 2.15. The van der Waals surface area contributed by atoms with Crippen LogP contribution in [0.3, 0.4) is 0 Å². The van der Waals surface area contributed by atoms with Gasteiger partial charge in [0.05, 0.1) is 4.90 Å². The van der Waals surface area contributed by atoms with Crippen LogP contribution in [0.4, 0.5) is 16.0 Å². The zero-order valence-electron chi connectivity index (χ0n) is 14.9. The fourth-order valence-corrected chi connectivity index (χ4v) is 3.47. The van der Waals surface area contributed by atoms with Gasteiger partial charge in [-0.25, -0.2) is 12.8 Å². The summed E-state index contributed by atoms with van der Waals surface area (Å²) in [7, 11) is -3.75. The predicted octanol–water partition coefficient (Wildman–Crippen LogP) is 3.65. The van der Waals surface area contributed by atoms with Gasteiger partial charge in [0.25, 0.3) is 10.0 Å². The van der Waals surface area contributed by atoms with Gasteiger partial charge in [-0.2, -0.15) is 0 Å². The van der Waals surface area contributed by atoms with Crippen LogP contribution in [0, 0.1) is 19.7 Å². The molecular formula is C19H19FN4O2S. The lowest BCUT2D eigenvalue weighted by Gasteiger charge is -2.10. The minimum Gasteiger partial charge on any atom is -0.364 e. The molecule has 8 heteroatoms. The Morgan fingerprint density at radius 3 is 2.30 bits per heavy atom. The summed E-state index contributed by atoms with van der Waals surface area (Å²) < 4.78 is 40.9. The third-order valence-corrected chi connectivity index (χ3v) is 5.46. The summed E-state index contributed by atoms with van der Waals surface area (Å²) >= 11 is 0. The Labute approximate surface area is 157 Å². The van der Waals surface area contributed by atoms with Gasteiger partial charge in [-0.05, 0) is 55.3 Å². The molecule has 3 rings (SSSR count). The second-order valence-corrected chi connectivity index (χ2v) is 7.78. The number of anilines is 2. The van der Waals surface area contributed by atoms with Crippen LogP contribution >= 0.6 is 0 Å². The summed E-state index contributed by atoms with van der Waals surface area (Å²) in [6.45, 7) is 4.01. The zero-order valence-corrected chi connectivity index (χ0v) is 15.7. The Hall–Kier alpha value is -3.00.